The van der Waals surface area contributed by atoms with E-state index in [4.69, 9.17) is 5.73 Å². The van der Waals surface area contributed by atoms with Crippen molar-refractivity contribution in [2.75, 3.05) is 5.32 Å². The van der Waals surface area contributed by atoms with E-state index in [0.717, 1.165) is 25.0 Å². The first-order valence-electron chi connectivity index (χ1n) is 6.16. The number of aromatic nitrogens is 3. The van der Waals surface area contributed by atoms with Gasteiger partial charge in [-0.05, 0) is 19.3 Å². The number of thiazole rings is 1. The topological polar surface area (TPSA) is 85.8 Å². The van der Waals surface area contributed by atoms with E-state index in [-0.39, 0.29) is 11.9 Å². The van der Waals surface area contributed by atoms with Gasteiger partial charge in [-0.3, -0.25) is 14.8 Å². The molecule has 3 rings (SSSR count). The average molecular weight is 277 g/mol. The fourth-order valence-corrected chi connectivity index (χ4v) is 3.26. The number of nitrogens with zero attached hydrogens (tertiary/aromatic N) is 3. The molecule has 2 aromatic rings. The monoisotopic (exact) mass is 277 g/mol. The maximum Gasteiger partial charge on any atom is 0.260 e. The zero-order valence-corrected chi connectivity index (χ0v) is 11.4. The third-order valence-corrected chi connectivity index (χ3v) is 4.20. The first-order chi connectivity index (χ1) is 9.11. The summed E-state index contributed by atoms with van der Waals surface area (Å²) in [5, 5.41) is 7.44. The molecule has 0 bridgehead atoms. The number of anilines is 1. The summed E-state index contributed by atoms with van der Waals surface area (Å²) >= 11 is 1.52. The van der Waals surface area contributed by atoms with Crippen LogP contribution in [0.3, 0.4) is 0 Å². The molecule has 19 heavy (non-hydrogen) atoms. The van der Waals surface area contributed by atoms with Crippen molar-refractivity contribution in [1.82, 2.24) is 14.8 Å². The quantitative estimate of drug-likeness (QED) is 0.855. The molecule has 0 aromatic carbocycles. The standard InChI is InChI=1S/C12H15N5OS/c1-17-6-7(5-14-17)11(18)16-12-15-9-3-2-8(13)4-10(9)19-12/h5-6,8H,2-4,13H2,1H3,(H,15,16,18)/t8-/m0/s1. The third-order valence-electron chi connectivity index (χ3n) is 3.17. The van der Waals surface area contributed by atoms with Crippen molar-refractivity contribution in [3.05, 3.63) is 28.5 Å². The molecule has 0 spiro atoms. The third kappa shape index (κ3) is 2.52. The molecular formula is C12H15N5OS. The van der Waals surface area contributed by atoms with Crippen LogP contribution in [0.25, 0.3) is 0 Å². The van der Waals surface area contributed by atoms with Crippen molar-refractivity contribution >= 4 is 22.4 Å². The molecule has 7 heteroatoms. The van der Waals surface area contributed by atoms with Gasteiger partial charge < -0.3 is 5.73 Å². The maximum absolute atomic E-state index is 12.0. The van der Waals surface area contributed by atoms with E-state index in [1.165, 1.54) is 16.2 Å². The van der Waals surface area contributed by atoms with Crippen LogP contribution in [-0.2, 0) is 19.9 Å². The van der Waals surface area contributed by atoms with Gasteiger partial charge in [-0.2, -0.15) is 5.10 Å². The fraction of sp³-hybridized carbons (Fsp3) is 0.417. The molecule has 1 amide bonds. The minimum absolute atomic E-state index is 0.177. The van der Waals surface area contributed by atoms with Crippen LogP contribution in [0.4, 0.5) is 5.13 Å². The van der Waals surface area contributed by atoms with Crippen LogP contribution < -0.4 is 11.1 Å². The molecule has 1 aliphatic rings. The first kappa shape index (κ1) is 12.3. The molecule has 1 atom stereocenters. The predicted molar refractivity (Wildman–Crippen MR) is 73.3 cm³/mol. The van der Waals surface area contributed by atoms with Gasteiger partial charge in [0.2, 0.25) is 0 Å². The Bertz CT molecular complexity index is 617. The molecule has 0 radical (unpaired) electrons. The molecule has 3 N–H and O–H groups in total. The number of nitrogens with one attached hydrogen (secondary N) is 1. The summed E-state index contributed by atoms with van der Waals surface area (Å²) in [6, 6.07) is 0.217. The minimum atomic E-state index is -0.177. The number of aryl methyl sites for hydroxylation is 2. The lowest BCUT2D eigenvalue weighted by Crippen LogP contribution is -2.27. The summed E-state index contributed by atoms with van der Waals surface area (Å²) in [5.41, 5.74) is 7.55. The van der Waals surface area contributed by atoms with E-state index in [1.807, 2.05) is 0 Å². The Balaban J connectivity index is 1.75. The molecule has 0 saturated heterocycles. The highest BCUT2D eigenvalue weighted by molar-refractivity contribution is 7.15. The molecule has 100 valence electrons. The lowest BCUT2D eigenvalue weighted by Gasteiger charge is -2.15. The smallest absolute Gasteiger partial charge is 0.260 e. The number of amides is 1. The predicted octanol–water partition coefficient (Wildman–Crippen LogP) is 0.945. The van der Waals surface area contributed by atoms with Gasteiger partial charge in [-0.25, -0.2) is 4.98 Å². The second-order valence-electron chi connectivity index (χ2n) is 4.75. The highest BCUT2D eigenvalue weighted by atomic mass is 32.1. The van der Waals surface area contributed by atoms with Crippen molar-refractivity contribution in [3.8, 4) is 0 Å². The van der Waals surface area contributed by atoms with Crippen molar-refractivity contribution < 1.29 is 4.79 Å². The maximum atomic E-state index is 12.0. The van der Waals surface area contributed by atoms with Crippen LogP contribution in [0.15, 0.2) is 12.4 Å². The number of nitrogens with two attached hydrogens (primary N) is 1. The minimum Gasteiger partial charge on any atom is -0.327 e. The highest BCUT2D eigenvalue weighted by Gasteiger charge is 2.21. The number of rotatable bonds is 2. The summed E-state index contributed by atoms with van der Waals surface area (Å²) in [6.07, 6.45) is 5.94. The van der Waals surface area contributed by atoms with Crippen molar-refractivity contribution in [2.24, 2.45) is 12.8 Å². The summed E-state index contributed by atoms with van der Waals surface area (Å²) in [6.45, 7) is 0. The van der Waals surface area contributed by atoms with Gasteiger partial charge in [-0.15, -0.1) is 11.3 Å². The highest BCUT2D eigenvalue weighted by Crippen LogP contribution is 2.29. The van der Waals surface area contributed by atoms with E-state index < -0.39 is 0 Å². The van der Waals surface area contributed by atoms with E-state index in [1.54, 1.807) is 24.1 Å². The lowest BCUT2D eigenvalue weighted by atomic mass is 9.99. The zero-order valence-electron chi connectivity index (χ0n) is 10.6. The summed E-state index contributed by atoms with van der Waals surface area (Å²) < 4.78 is 1.60. The van der Waals surface area contributed by atoms with Crippen LogP contribution >= 0.6 is 11.3 Å². The fourth-order valence-electron chi connectivity index (χ4n) is 2.16. The second-order valence-corrected chi connectivity index (χ2v) is 5.83. The zero-order chi connectivity index (χ0) is 13.4. The Kier molecular flexibility index (Phi) is 3.08. The van der Waals surface area contributed by atoms with Crippen LogP contribution in [0.5, 0.6) is 0 Å². The van der Waals surface area contributed by atoms with Gasteiger partial charge in [-0.1, -0.05) is 0 Å². The summed E-state index contributed by atoms with van der Waals surface area (Å²) in [5.74, 6) is -0.177. The number of fused-ring (bicyclic) bond motifs is 1. The van der Waals surface area contributed by atoms with Crippen LogP contribution in [-0.4, -0.2) is 26.7 Å². The molecule has 2 heterocycles. The van der Waals surface area contributed by atoms with Gasteiger partial charge in [0, 0.05) is 24.2 Å². The summed E-state index contributed by atoms with van der Waals surface area (Å²) in [4.78, 5) is 17.6. The van der Waals surface area contributed by atoms with Gasteiger partial charge in [0.25, 0.3) is 5.91 Å². The van der Waals surface area contributed by atoms with E-state index >= 15 is 0 Å². The second kappa shape index (κ2) is 4.75. The molecule has 2 aromatic heterocycles. The largest absolute Gasteiger partial charge is 0.327 e. The molecule has 1 aliphatic carbocycles. The number of hydrogen-bond donors (Lipinski definition) is 2. The van der Waals surface area contributed by atoms with Gasteiger partial charge in [0.1, 0.15) is 0 Å². The molecule has 0 saturated carbocycles. The van der Waals surface area contributed by atoms with E-state index in [9.17, 15) is 4.79 Å². The van der Waals surface area contributed by atoms with Gasteiger partial charge >= 0.3 is 0 Å². The Labute approximate surface area is 114 Å². The summed E-state index contributed by atoms with van der Waals surface area (Å²) in [7, 11) is 1.78. The van der Waals surface area contributed by atoms with Crippen molar-refractivity contribution in [1.29, 1.82) is 0 Å². The Morgan fingerprint density at radius 3 is 3.21 bits per heavy atom. The number of carbonyl (C=O) groups excluding carboxylic acids is 1. The van der Waals surface area contributed by atoms with E-state index in [0.29, 0.717) is 10.7 Å². The molecular weight excluding hydrogens is 262 g/mol. The van der Waals surface area contributed by atoms with Crippen molar-refractivity contribution in [3.63, 3.8) is 0 Å². The first-order valence-corrected chi connectivity index (χ1v) is 6.97. The molecule has 0 fully saturated rings. The Morgan fingerprint density at radius 1 is 1.63 bits per heavy atom. The Hall–Kier alpha value is -1.73. The van der Waals surface area contributed by atoms with Crippen LogP contribution in [0.2, 0.25) is 0 Å². The molecule has 6 nitrogen and oxygen atoms in total. The lowest BCUT2D eigenvalue weighted by molar-refractivity contribution is 0.102. The van der Waals surface area contributed by atoms with Crippen molar-refractivity contribution in [2.45, 2.75) is 25.3 Å². The molecule has 0 unspecified atom stereocenters. The van der Waals surface area contributed by atoms with Crippen LogP contribution in [0.1, 0.15) is 27.3 Å². The number of hydrogen-bond acceptors (Lipinski definition) is 5. The average Bonchev–Trinajstić information content (AvgIpc) is 2.94. The van der Waals surface area contributed by atoms with Crippen LogP contribution in [0, 0.1) is 0 Å². The van der Waals surface area contributed by atoms with Gasteiger partial charge in [0.15, 0.2) is 5.13 Å². The van der Waals surface area contributed by atoms with Gasteiger partial charge in [0.05, 0.1) is 17.5 Å². The normalized spacial score (nSPS) is 18.1. The number of carbonyl (C=O) groups is 1. The SMILES string of the molecule is Cn1cc(C(=O)Nc2nc3c(s2)C[C@@H](N)CC3)cn1. The Morgan fingerprint density at radius 2 is 2.47 bits per heavy atom. The van der Waals surface area contributed by atoms with E-state index in [2.05, 4.69) is 15.4 Å². The molecule has 0 aliphatic heterocycles.